The third-order valence-electron chi connectivity index (χ3n) is 8.15. The second-order valence-electron chi connectivity index (χ2n) is 13.8. The Labute approximate surface area is 238 Å². The maximum absolute atomic E-state index is 11.6. The number of hydrogen-bond donors (Lipinski definition) is 0. The molecule has 0 N–H and O–H groups in total. The van der Waals surface area contributed by atoms with Crippen molar-refractivity contribution in [1.29, 1.82) is 0 Å². The minimum Gasteiger partial charge on any atom is -0.463 e. The second kappa shape index (κ2) is 16.0. The van der Waals surface area contributed by atoms with Gasteiger partial charge in [0.1, 0.15) is 12.7 Å². The first-order valence-electron chi connectivity index (χ1n) is 15.2. The highest BCUT2D eigenvalue weighted by molar-refractivity contribution is 5.76. The Balaban J connectivity index is 0.000000391. The first-order valence-corrected chi connectivity index (χ1v) is 15.2. The maximum atomic E-state index is 11.6. The van der Waals surface area contributed by atoms with Gasteiger partial charge in [-0.2, -0.15) is 0 Å². The van der Waals surface area contributed by atoms with Crippen molar-refractivity contribution < 1.29 is 33.3 Å². The maximum Gasteiger partial charge on any atom is 0.344 e. The number of rotatable bonds is 11. The van der Waals surface area contributed by atoms with Crippen LogP contribution in [0.15, 0.2) is 0 Å². The predicted octanol–water partition coefficient (Wildman–Crippen LogP) is 7.43. The molecule has 39 heavy (non-hydrogen) atoms. The summed E-state index contributed by atoms with van der Waals surface area (Å²) in [5.74, 6) is 0.0451. The molecule has 7 heteroatoms. The minimum atomic E-state index is -0.447. The van der Waals surface area contributed by atoms with Gasteiger partial charge in [-0.3, -0.25) is 9.59 Å². The quantitative estimate of drug-likeness (QED) is 0.194. The number of ether oxygens (including phenoxy) is 4. The third kappa shape index (κ3) is 14.5. The van der Waals surface area contributed by atoms with E-state index < -0.39 is 11.6 Å². The first-order chi connectivity index (χ1) is 18.0. The van der Waals surface area contributed by atoms with Crippen molar-refractivity contribution in [1.82, 2.24) is 0 Å². The lowest BCUT2D eigenvalue weighted by molar-refractivity contribution is -0.164. The molecule has 0 aromatic rings. The van der Waals surface area contributed by atoms with E-state index in [0.717, 1.165) is 12.8 Å². The zero-order valence-corrected chi connectivity index (χ0v) is 26.7. The molecule has 0 radical (unpaired) electrons. The summed E-state index contributed by atoms with van der Waals surface area (Å²) in [5, 5.41) is 0. The number of carbonyl (C=O) groups excluding carboxylic acids is 3. The van der Waals surface area contributed by atoms with E-state index in [4.69, 9.17) is 18.9 Å². The van der Waals surface area contributed by atoms with Crippen LogP contribution in [0.25, 0.3) is 0 Å². The SMILES string of the molecule is CCC(=O)OCC(=O)OC(C)C1CCCC(C)(C)C1.CCC(=O)OCC(C)(C)OC(C)C1CCCC(C)(C)C1. The molecule has 0 saturated heterocycles. The predicted molar refractivity (Wildman–Crippen MR) is 154 cm³/mol. The molecule has 0 amide bonds. The van der Waals surface area contributed by atoms with Gasteiger partial charge in [0, 0.05) is 12.8 Å². The van der Waals surface area contributed by atoms with E-state index in [-0.39, 0.29) is 37.2 Å². The Morgan fingerprint density at radius 1 is 0.769 bits per heavy atom. The summed E-state index contributed by atoms with van der Waals surface area (Å²) in [4.78, 5) is 33.8. The third-order valence-corrected chi connectivity index (χ3v) is 8.15. The van der Waals surface area contributed by atoms with Crippen LogP contribution < -0.4 is 0 Å². The summed E-state index contributed by atoms with van der Waals surface area (Å²) in [6.07, 6.45) is 10.5. The van der Waals surface area contributed by atoms with Crippen molar-refractivity contribution in [3.63, 3.8) is 0 Å². The lowest BCUT2D eigenvalue weighted by Gasteiger charge is -2.40. The number of esters is 3. The van der Waals surface area contributed by atoms with Crippen LogP contribution in [0.1, 0.15) is 133 Å². The molecule has 2 aliphatic carbocycles. The summed E-state index contributed by atoms with van der Waals surface area (Å²) >= 11 is 0. The average molecular weight is 555 g/mol. The van der Waals surface area contributed by atoms with Gasteiger partial charge in [0.05, 0.1) is 11.7 Å². The van der Waals surface area contributed by atoms with Gasteiger partial charge >= 0.3 is 17.9 Å². The number of hydrogen-bond acceptors (Lipinski definition) is 7. The van der Waals surface area contributed by atoms with Gasteiger partial charge in [-0.25, -0.2) is 4.79 Å². The van der Waals surface area contributed by atoms with Crippen LogP contribution in [0.2, 0.25) is 0 Å². The molecule has 0 aromatic heterocycles. The van der Waals surface area contributed by atoms with Crippen molar-refractivity contribution >= 4 is 17.9 Å². The monoisotopic (exact) mass is 554 g/mol. The standard InChI is InChI=1S/C17H32O3.C15H26O4/c1-7-15(18)19-12-17(5,6)20-13(2)14-9-8-10-16(3,4)11-14;1-5-13(16)18-10-14(17)19-11(2)12-7-6-8-15(3,4)9-12/h13-14H,7-12H2,1-6H3;11-12H,5-10H2,1-4H3. The Morgan fingerprint density at radius 3 is 1.69 bits per heavy atom. The smallest absolute Gasteiger partial charge is 0.344 e. The second-order valence-corrected chi connectivity index (χ2v) is 13.8. The fourth-order valence-electron chi connectivity index (χ4n) is 5.88. The van der Waals surface area contributed by atoms with E-state index in [0.29, 0.717) is 35.7 Å². The Kier molecular flexibility index (Phi) is 14.5. The van der Waals surface area contributed by atoms with Crippen molar-refractivity contribution in [3.8, 4) is 0 Å². The van der Waals surface area contributed by atoms with Crippen LogP contribution in [0.3, 0.4) is 0 Å². The molecule has 0 aliphatic heterocycles. The molecule has 0 bridgehead atoms. The summed E-state index contributed by atoms with van der Waals surface area (Å²) in [6.45, 7) is 20.9. The topological polar surface area (TPSA) is 88.1 Å². The van der Waals surface area contributed by atoms with E-state index in [1.807, 2.05) is 27.7 Å². The molecule has 0 spiro atoms. The summed E-state index contributed by atoms with van der Waals surface area (Å²) in [5.41, 5.74) is 0.351. The molecular weight excluding hydrogens is 496 g/mol. The van der Waals surface area contributed by atoms with Gasteiger partial charge in [0.15, 0.2) is 6.61 Å². The van der Waals surface area contributed by atoms with E-state index >= 15 is 0 Å². The Bertz CT molecular complexity index is 770. The summed E-state index contributed by atoms with van der Waals surface area (Å²) in [7, 11) is 0. The van der Waals surface area contributed by atoms with Gasteiger partial charge in [0.2, 0.25) is 0 Å². The van der Waals surface area contributed by atoms with E-state index in [1.54, 1.807) is 6.92 Å². The molecule has 7 nitrogen and oxygen atoms in total. The number of carbonyl (C=O) groups is 3. The highest BCUT2D eigenvalue weighted by Gasteiger charge is 2.35. The molecule has 2 saturated carbocycles. The van der Waals surface area contributed by atoms with Gasteiger partial charge in [-0.15, -0.1) is 0 Å². The molecule has 4 atom stereocenters. The van der Waals surface area contributed by atoms with Crippen LogP contribution in [-0.2, 0) is 33.3 Å². The van der Waals surface area contributed by atoms with Crippen molar-refractivity contribution in [2.45, 2.75) is 151 Å². The van der Waals surface area contributed by atoms with E-state index in [2.05, 4.69) is 34.6 Å². The van der Waals surface area contributed by atoms with Crippen LogP contribution in [-0.4, -0.2) is 48.9 Å². The lowest BCUT2D eigenvalue weighted by Crippen LogP contribution is -2.40. The summed E-state index contributed by atoms with van der Waals surface area (Å²) in [6, 6.07) is 0. The normalized spacial score (nSPS) is 23.8. The molecule has 2 rings (SSSR count). The molecule has 0 heterocycles. The highest BCUT2D eigenvalue weighted by Crippen LogP contribution is 2.41. The molecule has 228 valence electrons. The van der Waals surface area contributed by atoms with Crippen molar-refractivity contribution in [3.05, 3.63) is 0 Å². The van der Waals surface area contributed by atoms with Gasteiger partial charge < -0.3 is 18.9 Å². The van der Waals surface area contributed by atoms with Crippen LogP contribution in [0.4, 0.5) is 0 Å². The molecule has 4 unspecified atom stereocenters. The molecule has 2 aliphatic rings. The minimum absolute atomic E-state index is 0.104. The summed E-state index contributed by atoms with van der Waals surface area (Å²) < 4.78 is 21.5. The van der Waals surface area contributed by atoms with Crippen molar-refractivity contribution in [2.24, 2.45) is 22.7 Å². The average Bonchev–Trinajstić information content (AvgIpc) is 2.84. The lowest BCUT2D eigenvalue weighted by atomic mass is 9.70. The zero-order valence-electron chi connectivity index (χ0n) is 26.7. The van der Waals surface area contributed by atoms with Gasteiger partial charge in [-0.1, -0.05) is 54.4 Å². The van der Waals surface area contributed by atoms with E-state index in [9.17, 15) is 14.4 Å². The Morgan fingerprint density at radius 2 is 1.23 bits per heavy atom. The Hall–Kier alpha value is -1.63. The highest BCUT2D eigenvalue weighted by atomic mass is 16.6. The molecule has 0 aromatic carbocycles. The van der Waals surface area contributed by atoms with Crippen LogP contribution >= 0.6 is 0 Å². The fraction of sp³-hybridized carbons (Fsp3) is 0.906. The van der Waals surface area contributed by atoms with Crippen LogP contribution in [0, 0.1) is 22.7 Å². The first kappa shape index (κ1) is 35.4. The van der Waals surface area contributed by atoms with Crippen molar-refractivity contribution in [2.75, 3.05) is 13.2 Å². The zero-order chi connectivity index (χ0) is 29.9. The van der Waals surface area contributed by atoms with Gasteiger partial charge in [0.25, 0.3) is 0 Å². The largest absolute Gasteiger partial charge is 0.463 e. The molecular formula is C32H58O7. The van der Waals surface area contributed by atoms with E-state index in [1.165, 1.54) is 38.5 Å². The van der Waals surface area contributed by atoms with Crippen LogP contribution in [0.5, 0.6) is 0 Å². The van der Waals surface area contributed by atoms with Gasteiger partial charge in [-0.05, 0) is 88.9 Å². The fourth-order valence-corrected chi connectivity index (χ4v) is 5.88. The molecule has 2 fully saturated rings.